The molecule has 0 saturated carbocycles. The third kappa shape index (κ3) is 2.65. The molecule has 1 heterocycles. The van der Waals surface area contributed by atoms with Gasteiger partial charge in [-0.1, -0.05) is 0 Å². The van der Waals surface area contributed by atoms with E-state index in [1.165, 1.54) is 6.07 Å². The number of halogens is 3. The molecule has 1 aromatic carbocycles. The Balaban J connectivity index is 1.99. The second kappa shape index (κ2) is 6.01. The number of hydrogen-bond acceptors (Lipinski definition) is 3. The SMILES string of the molecule is O=C1c2cccnc2CCC1C(=O)c1cc(F)cc(Br)c1Br. The summed E-state index contributed by atoms with van der Waals surface area (Å²) in [6, 6.07) is 5.78. The number of carbonyl (C=O) groups excluding carboxylic acids is 2. The number of ketones is 2. The Morgan fingerprint density at radius 3 is 2.86 bits per heavy atom. The van der Waals surface area contributed by atoms with Crippen LogP contribution in [0, 0.1) is 11.7 Å². The molecular weight excluding hydrogens is 417 g/mol. The molecule has 0 amide bonds. The molecule has 0 saturated heterocycles. The predicted molar refractivity (Wildman–Crippen MR) is 86.5 cm³/mol. The van der Waals surface area contributed by atoms with Crippen molar-refractivity contribution in [3.8, 4) is 0 Å². The highest BCUT2D eigenvalue weighted by Crippen LogP contribution is 2.33. The summed E-state index contributed by atoms with van der Waals surface area (Å²) in [6.45, 7) is 0. The van der Waals surface area contributed by atoms with Gasteiger partial charge in [0.25, 0.3) is 0 Å². The number of hydrogen-bond donors (Lipinski definition) is 0. The first-order valence-corrected chi connectivity index (χ1v) is 8.24. The van der Waals surface area contributed by atoms with Crippen LogP contribution in [-0.4, -0.2) is 16.6 Å². The Morgan fingerprint density at radius 2 is 2.09 bits per heavy atom. The minimum Gasteiger partial charge on any atom is -0.293 e. The van der Waals surface area contributed by atoms with Crippen LogP contribution >= 0.6 is 31.9 Å². The van der Waals surface area contributed by atoms with E-state index in [2.05, 4.69) is 36.8 Å². The quantitative estimate of drug-likeness (QED) is 0.407. The van der Waals surface area contributed by atoms with E-state index in [9.17, 15) is 14.0 Å². The van der Waals surface area contributed by atoms with Crippen molar-refractivity contribution in [3.63, 3.8) is 0 Å². The molecule has 0 fully saturated rings. The highest BCUT2D eigenvalue weighted by atomic mass is 79.9. The number of fused-ring (bicyclic) bond motifs is 1. The zero-order valence-electron chi connectivity index (χ0n) is 11.3. The summed E-state index contributed by atoms with van der Waals surface area (Å²) in [5.74, 6) is -1.93. The van der Waals surface area contributed by atoms with Gasteiger partial charge in [-0.3, -0.25) is 14.6 Å². The molecule has 0 aliphatic heterocycles. The molecule has 1 atom stereocenters. The fraction of sp³-hybridized carbons (Fsp3) is 0.188. The minimum absolute atomic E-state index is 0.178. The van der Waals surface area contributed by atoms with E-state index < -0.39 is 11.7 Å². The number of aromatic nitrogens is 1. The molecule has 1 aliphatic carbocycles. The molecule has 0 N–H and O–H groups in total. The average molecular weight is 427 g/mol. The van der Waals surface area contributed by atoms with Crippen molar-refractivity contribution < 1.29 is 14.0 Å². The topological polar surface area (TPSA) is 47.0 Å². The maximum Gasteiger partial charge on any atom is 0.175 e. The molecule has 1 aromatic heterocycles. The standard InChI is InChI=1S/C16H10Br2FNO2/c17-12-7-8(19)6-11(14(12)18)16(22)10-3-4-13-9(15(10)21)2-1-5-20-13/h1-2,5-7,10H,3-4H2. The molecule has 3 nitrogen and oxygen atoms in total. The van der Waals surface area contributed by atoms with Gasteiger partial charge in [-0.15, -0.1) is 0 Å². The van der Waals surface area contributed by atoms with Crippen molar-refractivity contribution >= 4 is 43.4 Å². The summed E-state index contributed by atoms with van der Waals surface area (Å²) in [4.78, 5) is 29.4. The monoisotopic (exact) mass is 425 g/mol. The lowest BCUT2D eigenvalue weighted by molar-refractivity contribution is 0.0789. The van der Waals surface area contributed by atoms with Crippen LogP contribution in [0.25, 0.3) is 0 Å². The largest absolute Gasteiger partial charge is 0.293 e. The first kappa shape index (κ1) is 15.5. The second-order valence-corrected chi connectivity index (χ2v) is 6.71. The number of nitrogens with zero attached hydrogens (tertiary/aromatic N) is 1. The van der Waals surface area contributed by atoms with Crippen LogP contribution in [0.5, 0.6) is 0 Å². The number of Topliss-reactive ketones (excluding diaryl/α,β-unsaturated/α-hetero) is 2. The van der Waals surface area contributed by atoms with Crippen LogP contribution in [0.15, 0.2) is 39.4 Å². The van der Waals surface area contributed by atoms with Gasteiger partial charge < -0.3 is 0 Å². The Morgan fingerprint density at radius 1 is 1.32 bits per heavy atom. The minimum atomic E-state index is -0.790. The third-order valence-corrected chi connectivity index (χ3v) is 5.73. The zero-order chi connectivity index (χ0) is 15.9. The first-order valence-electron chi connectivity index (χ1n) is 6.66. The molecule has 6 heteroatoms. The summed E-state index contributed by atoms with van der Waals surface area (Å²) in [5.41, 5.74) is 1.38. The van der Waals surface area contributed by atoms with Crippen molar-refractivity contribution in [1.29, 1.82) is 0 Å². The number of carbonyl (C=O) groups is 2. The van der Waals surface area contributed by atoms with Crippen molar-refractivity contribution in [2.45, 2.75) is 12.8 Å². The maximum atomic E-state index is 13.6. The van der Waals surface area contributed by atoms with Gasteiger partial charge in [-0.25, -0.2) is 4.39 Å². The van der Waals surface area contributed by atoms with Crippen molar-refractivity contribution in [2.75, 3.05) is 0 Å². The van der Waals surface area contributed by atoms with Gasteiger partial charge in [0.2, 0.25) is 0 Å². The zero-order valence-corrected chi connectivity index (χ0v) is 14.4. The predicted octanol–water partition coefficient (Wildman–Crippen LogP) is 4.37. The summed E-state index contributed by atoms with van der Waals surface area (Å²) in [5, 5.41) is 0. The highest BCUT2D eigenvalue weighted by Gasteiger charge is 2.34. The van der Waals surface area contributed by atoms with Gasteiger partial charge in [-0.05, 0) is 69.0 Å². The lowest BCUT2D eigenvalue weighted by atomic mass is 9.81. The lowest BCUT2D eigenvalue weighted by Gasteiger charge is -2.22. The van der Waals surface area contributed by atoms with Gasteiger partial charge in [-0.2, -0.15) is 0 Å². The smallest absolute Gasteiger partial charge is 0.175 e. The number of aryl methyl sites for hydroxylation is 1. The van der Waals surface area contributed by atoms with E-state index in [1.807, 2.05) is 0 Å². The summed E-state index contributed by atoms with van der Waals surface area (Å²) in [7, 11) is 0. The lowest BCUT2D eigenvalue weighted by Crippen LogP contribution is -2.30. The molecule has 1 unspecified atom stereocenters. The molecule has 112 valence electrons. The van der Waals surface area contributed by atoms with Crippen LogP contribution < -0.4 is 0 Å². The molecule has 22 heavy (non-hydrogen) atoms. The Kier molecular flexibility index (Phi) is 4.23. The molecular formula is C16H10Br2FNO2. The van der Waals surface area contributed by atoms with Gasteiger partial charge in [0.05, 0.1) is 11.6 Å². The Hall–Kier alpha value is -1.40. The van der Waals surface area contributed by atoms with Crippen LogP contribution in [0.4, 0.5) is 4.39 Å². The van der Waals surface area contributed by atoms with Gasteiger partial charge in [0, 0.05) is 26.3 Å². The molecule has 0 radical (unpaired) electrons. The summed E-state index contributed by atoms with van der Waals surface area (Å²) in [6.07, 6.45) is 2.59. The third-order valence-electron chi connectivity index (χ3n) is 3.72. The van der Waals surface area contributed by atoms with Gasteiger partial charge in [0.15, 0.2) is 11.6 Å². The van der Waals surface area contributed by atoms with Crippen molar-refractivity contribution in [3.05, 3.63) is 62.0 Å². The Bertz CT molecular complexity index is 792. The van der Waals surface area contributed by atoms with Crippen molar-refractivity contribution in [2.24, 2.45) is 5.92 Å². The number of rotatable bonds is 2. The van der Waals surface area contributed by atoms with Crippen LogP contribution in [0.3, 0.4) is 0 Å². The summed E-state index contributed by atoms with van der Waals surface area (Å²) < 4.78 is 14.5. The van der Waals surface area contributed by atoms with E-state index in [-0.39, 0.29) is 17.1 Å². The fourth-order valence-corrected chi connectivity index (χ4v) is 3.49. The van der Waals surface area contributed by atoms with E-state index in [0.717, 1.165) is 11.8 Å². The van der Waals surface area contributed by atoms with Crippen molar-refractivity contribution in [1.82, 2.24) is 4.98 Å². The van der Waals surface area contributed by atoms with Gasteiger partial charge >= 0.3 is 0 Å². The number of benzene rings is 1. The van der Waals surface area contributed by atoms with E-state index in [1.54, 1.807) is 18.3 Å². The van der Waals surface area contributed by atoms with E-state index in [0.29, 0.717) is 27.4 Å². The van der Waals surface area contributed by atoms with Crippen LogP contribution in [-0.2, 0) is 6.42 Å². The average Bonchev–Trinajstić information content (AvgIpc) is 2.51. The first-order chi connectivity index (χ1) is 10.5. The fourth-order valence-electron chi connectivity index (χ4n) is 2.63. The Labute approximate surface area is 143 Å². The molecule has 2 aromatic rings. The molecule has 3 rings (SSSR count). The maximum absolute atomic E-state index is 13.6. The number of pyridine rings is 1. The van der Waals surface area contributed by atoms with Crippen LogP contribution in [0.2, 0.25) is 0 Å². The normalized spacial score (nSPS) is 17.2. The molecule has 1 aliphatic rings. The molecule has 0 spiro atoms. The second-order valence-electron chi connectivity index (χ2n) is 5.07. The summed E-state index contributed by atoms with van der Waals surface area (Å²) >= 11 is 6.47. The van der Waals surface area contributed by atoms with Crippen LogP contribution in [0.1, 0.15) is 32.8 Å². The highest BCUT2D eigenvalue weighted by molar-refractivity contribution is 9.13. The van der Waals surface area contributed by atoms with Gasteiger partial charge in [0.1, 0.15) is 5.82 Å². The van der Waals surface area contributed by atoms with E-state index >= 15 is 0 Å². The van der Waals surface area contributed by atoms with E-state index in [4.69, 9.17) is 0 Å². The molecule has 0 bridgehead atoms.